The van der Waals surface area contributed by atoms with Gasteiger partial charge in [0, 0.05) is 11.4 Å². The van der Waals surface area contributed by atoms with Crippen LogP contribution < -0.4 is 15.7 Å². The Morgan fingerprint density at radius 3 is 2.34 bits per heavy atom. The number of amides is 4. The summed E-state index contributed by atoms with van der Waals surface area (Å²) in [5.74, 6) is -3.91. The summed E-state index contributed by atoms with van der Waals surface area (Å²) in [7, 11) is 0. The lowest BCUT2D eigenvalue weighted by atomic mass is 9.99. The van der Waals surface area contributed by atoms with E-state index in [1.54, 1.807) is 37.3 Å². The Labute approximate surface area is 166 Å². The number of rotatable bonds is 6. The first-order valence-electron chi connectivity index (χ1n) is 8.85. The molecule has 0 aliphatic carbocycles. The second-order valence-corrected chi connectivity index (χ2v) is 6.37. The Morgan fingerprint density at radius 2 is 1.76 bits per heavy atom. The van der Waals surface area contributed by atoms with Gasteiger partial charge in [0.15, 0.2) is 5.92 Å². The van der Waals surface area contributed by atoms with Gasteiger partial charge >= 0.3 is 6.03 Å². The molecule has 29 heavy (non-hydrogen) atoms. The lowest BCUT2D eigenvalue weighted by Crippen LogP contribution is -2.58. The number of carbonyl (C=O) groups excluding carboxylic acids is 4. The summed E-state index contributed by atoms with van der Waals surface area (Å²) in [5.41, 5.74) is 1.51. The van der Waals surface area contributed by atoms with Crippen molar-refractivity contribution >= 4 is 29.5 Å². The third kappa shape index (κ3) is 4.32. The van der Waals surface area contributed by atoms with Gasteiger partial charge in [-0.2, -0.15) is 0 Å². The number of barbiturate groups is 1. The second kappa shape index (κ2) is 8.39. The zero-order chi connectivity index (χ0) is 21.0. The van der Waals surface area contributed by atoms with Crippen molar-refractivity contribution in [1.29, 1.82) is 0 Å². The summed E-state index contributed by atoms with van der Waals surface area (Å²) in [6.45, 7) is 1.68. The maximum absolute atomic E-state index is 13.0. The average molecular weight is 392 g/mol. The average Bonchev–Trinajstić information content (AvgIpc) is 2.71. The minimum Gasteiger partial charge on any atom is -0.545 e. The molecule has 2 aromatic carbocycles. The van der Waals surface area contributed by atoms with Gasteiger partial charge in [-0.05, 0) is 30.2 Å². The number of carboxylic acid groups (broad SMARTS) is 1. The molecular weight excluding hydrogens is 374 g/mol. The van der Waals surface area contributed by atoms with E-state index in [0.717, 1.165) is 10.5 Å². The zero-order valence-electron chi connectivity index (χ0n) is 15.5. The molecule has 1 atom stereocenters. The maximum Gasteiger partial charge on any atom is 0.331 e. The van der Waals surface area contributed by atoms with E-state index in [1.807, 2.05) is 6.07 Å². The molecule has 3 rings (SSSR count). The first-order chi connectivity index (χ1) is 13.9. The van der Waals surface area contributed by atoms with E-state index in [0.29, 0.717) is 5.69 Å². The molecule has 0 radical (unpaired) electrons. The second-order valence-electron chi connectivity index (χ2n) is 6.37. The van der Waals surface area contributed by atoms with Crippen LogP contribution in [0.25, 0.3) is 0 Å². The normalized spacial score (nSPS) is 17.1. The van der Waals surface area contributed by atoms with Crippen LogP contribution in [0.3, 0.4) is 0 Å². The van der Waals surface area contributed by atoms with Gasteiger partial charge in [-0.25, -0.2) is 4.79 Å². The zero-order valence-corrected chi connectivity index (χ0v) is 15.5. The van der Waals surface area contributed by atoms with Crippen molar-refractivity contribution in [2.75, 3.05) is 5.32 Å². The molecule has 4 amide bonds. The number of hydrogen-bond donors (Lipinski definition) is 2. The van der Waals surface area contributed by atoms with Crippen molar-refractivity contribution in [1.82, 2.24) is 10.2 Å². The highest BCUT2D eigenvalue weighted by Gasteiger charge is 2.42. The molecule has 0 bridgehead atoms. The highest BCUT2D eigenvalue weighted by Crippen LogP contribution is 2.23. The molecule has 1 heterocycles. The predicted molar refractivity (Wildman–Crippen MR) is 102 cm³/mol. The van der Waals surface area contributed by atoms with E-state index in [4.69, 9.17) is 0 Å². The number of urea groups is 1. The van der Waals surface area contributed by atoms with Crippen LogP contribution in [-0.4, -0.2) is 28.7 Å². The largest absolute Gasteiger partial charge is 0.545 e. The summed E-state index contributed by atoms with van der Waals surface area (Å²) in [4.78, 5) is 49.4. The first-order valence-corrected chi connectivity index (χ1v) is 8.85. The minimum absolute atomic E-state index is 0.00342. The van der Waals surface area contributed by atoms with Crippen molar-refractivity contribution in [2.24, 2.45) is 5.92 Å². The molecule has 148 valence electrons. The van der Waals surface area contributed by atoms with E-state index in [-0.39, 0.29) is 17.8 Å². The lowest BCUT2D eigenvalue weighted by Gasteiger charge is -2.31. The highest BCUT2D eigenvalue weighted by molar-refractivity contribution is 6.18. The van der Waals surface area contributed by atoms with Crippen molar-refractivity contribution in [3.05, 3.63) is 77.5 Å². The lowest BCUT2D eigenvalue weighted by molar-refractivity contribution is -0.255. The molecule has 0 saturated carbocycles. The number of allylic oxidation sites excluding steroid dienone is 1. The first kappa shape index (κ1) is 19.8. The van der Waals surface area contributed by atoms with E-state index < -0.39 is 29.7 Å². The van der Waals surface area contributed by atoms with Gasteiger partial charge in [0.05, 0.1) is 12.5 Å². The molecule has 2 N–H and O–H groups in total. The number of benzene rings is 2. The number of carboxylic acids is 1. The monoisotopic (exact) mass is 392 g/mol. The molecule has 8 heteroatoms. The number of nitrogens with zero attached hydrogens (tertiary/aromatic N) is 1. The maximum atomic E-state index is 13.0. The van der Waals surface area contributed by atoms with Crippen LogP contribution in [0.4, 0.5) is 10.5 Å². The van der Waals surface area contributed by atoms with Crippen LogP contribution in [0.15, 0.2) is 66.4 Å². The van der Waals surface area contributed by atoms with Gasteiger partial charge in [0.2, 0.25) is 11.8 Å². The SMILES string of the molecule is C/C=C(/Nc1ccc(C(=O)[O-])cc1)[C@@H]1C(=O)NC(=O)N(Cc2ccccc2)C1=O. The quantitative estimate of drug-likeness (QED) is 0.715. The van der Waals surface area contributed by atoms with Gasteiger partial charge in [-0.1, -0.05) is 48.5 Å². The van der Waals surface area contributed by atoms with Crippen molar-refractivity contribution < 1.29 is 24.3 Å². The van der Waals surface area contributed by atoms with Crippen LogP contribution in [0, 0.1) is 5.92 Å². The summed E-state index contributed by atoms with van der Waals surface area (Å²) >= 11 is 0. The number of aromatic carboxylic acids is 1. The smallest absolute Gasteiger partial charge is 0.331 e. The number of anilines is 1. The fourth-order valence-electron chi connectivity index (χ4n) is 2.97. The van der Waals surface area contributed by atoms with E-state index >= 15 is 0 Å². The van der Waals surface area contributed by atoms with Crippen molar-refractivity contribution in [2.45, 2.75) is 13.5 Å². The van der Waals surface area contributed by atoms with Crippen molar-refractivity contribution in [3.63, 3.8) is 0 Å². The summed E-state index contributed by atoms with van der Waals surface area (Å²) < 4.78 is 0. The summed E-state index contributed by atoms with van der Waals surface area (Å²) in [6, 6.07) is 13.9. The van der Waals surface area contributed by atoms with Gasteiger partial charge in [-0.15, -0.1) is 0 Å². The Bertz CT molecular complexity index is 983. The van der Waals surface area contributed by atoms with Crippen LogP contribution >= 0.6 is 0 Å². The molecule has 0 unspecified atom stereocenters. The molecule has 0 aromatic heterocycles. The molecule has 8 nitrogen and oxygen atoms in total. The number of nitrogens with one attached hydrogen (secondary N) is 2. The third-order valence-corrected chi connectivity index (χ3v) is 4.47. The Hall–Kier alpha value is -3.94. The van der Waals surface area contributed by atoms with Crippen LogP contribution in [0.1, 0.15) is 22.8 Å². The van der Waals surface area contributed by atoms with Gasteiger partial charge in [-0.3, -0.25) is 19.8 Å². The third-order valence-electron chi connectivity index (χ3n) is 4.47. The molecule has 0 spiro atoms. The Balaban J connectivity index is 1.82. The Kier molecular flexibility index (Phi) is 5.73. The van der Waals surface area contributed by atoms with Gasteiger partial charge in [0.1, 0.15) is 0 Å². The molecular formula is C21H18N3O5-. The fraction of sp³-hybridized carbons (Fsp3) is 0.143. The van der Waals surface area contributed by atoms with Gasteiger partial charge < -0.3 is 15.2 Å². The molecule has 1 saturated heterocycles. The number of carbonyl (C=O) groups is 4. The number of hydrogen-bond acceptors (Lipinski definition) is 6. The molecule has 1 aliphatic rings. The topological polar surface area (TPSA) is 119 Å². The van der Waals surface area contributed by atoms with Crippen molar-refractivity contribution in [3.8, 4) is 0 Å². The van der Waals surface area contributed by atoms with E-state index in [9.17, 15) is 24.3 Å². The van der Waals surface area contributed by atoms with Gasteiger partial charge in [0.25, 0.3) is 0 Å². The molecule has 1 aliphatic heterocycles. The van der Waals surface area contributed by atoms with Crippen LogP contribution in [-0.2, 0) is 16.1 Å². The summed E-state index contributed by atoms with van der Waals surface area (Å²) in [6.07, 6.45) is 1.56. The number of imide groups is 2. The summed E-state index contributed by atoms with van der Waals surface area (Å²) in [5, 5.41) is 16.0. The van der Waals surface area contributed by atoms with Crippen LogP contribution in [0.2, 0.25) is 0 Å². The molecule has 1 fully saturated rings. The highest BCUT2D eigenvalue weighted by atomic mass is 16.4. The van der Waals surface area contributed by atoms with Crippen LogP contribution in [0.5, 0.6) is 0 Å². The standard InChI is InChI=1S/C21H19N3O5/c1-2-16(22-15-10-8-14(9-11-15)20(27)28)17-18(25)23-21(29)24(19(17)26)12-13-6-4-3-5-7-13/h2-11,17,22H,12H2,1H3,(H,27,28)(H,23,25,29)/p-1/b16-2+/t17-/m1/s1. The predicted octanol–water partition coefficient (Wildman–Crippen LogP) is 1.26. The van der Waals surface area contributed by atoms with E-state index in [1.165, 1.54) is 24.3 Å². The Morgan fingerprint density at radius 1 is 1.10 bits per heavy atom. The fourth-order valence-corrected chi connectivity index (χ4v) is 2.97. The van der Waals surface area contributed by atoms with E-state index in [2.05, 4.69) is 10.6 Å². The minimum atomic E-state index is -1.31. The molecule has 2 aromatic rings.